The van der Waals surface area contributed by atoms with Crippen molar-refractivity contribution in [3.8, 4) is 0 Å². The van der Waals surface area contributed by atoms with Crippen LogP contribution in [0.2, 0.25) is 0 Å². The van der Waals surface area contributed by atoms with Gasteiger partial charge in [-0.25, -0.2) is 9.13 Å². The van der Waals surface area contributed by atoms with Crippen LogP contribution < -0.4 is 0 Å². The number of aliphatic hydroxyl groups excluding tert-OH is 1. The van der Waals surface area contributed by atoms with Crippen LogP contribution in [0.4, 0.5) is 0 Å². The van der Waals surface area contributed by atoms with Crippen molar-refractivity contribution in [2.24, 2.45) is 5.92 Å². The van der Waals surface area contributed by atoms with Crippen LogP contribution >= 0.6 is 15.6 Å². The Hall–Kier alpha value is -1.94. The normalized spacial score (nSPS) is 14.4. The third-order valence-corrected chi connectivity index (χ3v) is 18.5. The second-order valence-electron chi connectivity index (χ2n) is 25.5. The maximum atomic E-state index is 13.0. The van der Waals surface area contributed by atoms with Gasteiger partial charge in [0, 0.05) is 25.7 Å². The summed E-state index contributed by atoms with van der Waals surface area (Å²) in [7, 11) is -9.89. The van der Waals surface area contributed by atoms with Crippen molar-refractivity contribution in [2.75, 3.05) is 39.6 Å². The first-order valence-corrected chi connectivity index (χ1v) is 39.7. The van der Waals surface area contributed by atoms with E-state index in [0.717, 1.165) is 102 Å². The molecule has 0 amide bonds. The molecule has 3 unspecified atom stereocenters. The van der Waals surface area contributed by atoms with Crippen molar-refractivity contribution in [1.82, 2.24) is 0 Å². The zero-order valence-corrected chi connectivity index (χ0v) is 59.4. The van der Waals surface area contributed by atoms with E-state index in [0.29, 0.717) is 25.7 Å². The Balaban J connectivity index is 5.18. The van der Waals surface area contributed by atoms with Gasteiger partial charge in [0.15, 0.2) is 12.2 Å². The lowest BCUT2D eigenvalue weighted by Gasteiger charge is -2.21. The van der Waals surface area contributed by atoms with Gasteiger partial charge in [0.05, 0.1) is 26.4 Å². The highest BCUT2D eigenvalue weighted by Crippen LogP contribution is 2.45. The van der Waals surface area contributed by atoms with Crippen molar-refractivity contribution in [2.45, 2.75) is 380 Å². The molecule has 0 aromatic carbocycles. The number of carbonyl (C=O) groups excluding carboxylic acids is 4. The molecule has 0 fully saturated rings. The maximum Gasteiger partial charge on any atom is 0.472 e. The molecule has 3 N–H and O–H groups in total. The van der Waals surface area contributed by atoms with Crippen LogP contribution in [0.5, 0.6) is 0 Å². The molecule has 0 radical (unpaired) electrons. The van der Waals surface area contributed by atoms with Crippen LogP contribution in [0.25, 0.3) is 0 Å². The van der Waals surface area contributed by atoms with Crippen LogP contribution in [-0.4, -0.2) is 96.7 Å². The molecule has 0 aliphatic rings. The predicted octanol–water partition coefficient (Wildman–Crippen LogP) is 20.1. The average Bonchev–Trinajstić information content (AvgIpc) is 3.59. The molecular formula is C70H136O17P2. The van der Waals surface area contributed by atoms with Crippen LogP contribution in [0.15, 0.2) is 0 Å². The minimum Gasteiger partial charge on any atom is -0.462 e. The fourth-order valence-corrected chi connectivity index (χ4v) is 12.2. The van der Waals surface area contributed by atoms with Crippen LogP contribution in [0, 0.1) is 5.92 Å². The van der Waals surface area contributed by atoms with Gasteiger partial charge in [-0.15, -0.1) is 0 Å². The summed E-state index contributed by atoms with van der Waals surface area (Å²) >= 11 is 0. The van der Waals surface area contributed by atoms with Crippen molar-refractivity contribution in [3.05, 3.63) is 0 Å². The molecule has 0 rings (SSSR count). The summed E-state index contributed by atoms with van der Waals surface area (Å²) in [5.74, 6) is -1.41. The first-order valence-electron chi connectivity index (χ1n) is 36.7. The third-order valence-electron chi connectivity index (χ3n) is 16.6. The zero-order valence-electron chi connectivity index (χ0n) is 57.6. The highest BCUT2D eigenvalue weighted by atomic mass is 31.2. The van der Waals surface area contributed by atoms with Gasteiger partial charge in [-0.2, -0.15) is 0 Å². The molecule has 0 aliphatic carbocycles. The number of phosphoric acid groups is 2. The Kier molecular flexibility index (Phi) is 62.1. The number of carbonyl (C=O) groups is 4. The van der Waals surface area contributed by atoms with E-state index in [-0.39, 0.29) is 25.7 Å². The summed E-state index contributed by atoms with van der Waals surface area (Å²) in [5, 5.41) is 10.6. The summed E-state index contributed by atoms with van der Waals surface area (Å²) in [6.07, 6.45) is 50.1. The average molecular weight is 1310 g/mol. The van der Waals surface area contributed by atoms with Crippen molar-refractivity contribution in [3.63, 3.8) is 0 Å². The molecule has 19 heteroatoms. The minimum atomic E-state index is -4.95. The number of esters is 4. The second kappa shape index (κ2) is 63.5. The van der Waals surface area contributed by atoms with Gasteiger partial charge in [0.1, 0.15) is 19.3 Å². The number of ether oxygens (including phenoxy) is 4. The fourth-order valence-electron chi connectivity index (χ4n) is 10.6. The van der Waals surface area contributed by atoms with Gasteiger partial charge in [-0.3, -0.25) is 37.3 Å². The third kappa shape index (κ3) is 63.2. The lowest BCUT2D eigenvalue weighted by atomic mass is 10.00. The molecule has 0 heterocycles. The van der Waals surface area contributed by atoms with E-state index < -0.39 is 97.5 Å². The SMILES string of the molecule is CCCCCCCCCCCCCCCCCCCCCC(=O)O[C@H](COC(=O)CCCCCCCCCCCCCC)COP(=O)(O)OC[C@@H](O)COP(=O)(O)OC[C@@H](COC(=O)CCCCCCCCCC)OC(=O)CCCCCCCCC(C)CC. The Labute approximate surface area is 543 Å². The van der Waals surface area contributed by atoms with Gasteiger partial charge in [0.25, 0.3) is 0 Å². The summed E-state index contributed by atoms with van der Waals surface area (Å²) in [6, 6.07) is 0. The van der Waals surface area contributed by atoms with Gasteiger partial charge in [-0.05, 0) is 31.6 Å². The number of aliphatic hydroxyl groups is 1. The summed E-state index contributed by atoms with van der Waals surface area (Å²) in [6.45, 7) is 7.17. The molecule has 0 aliphatic heterocycles. The van der Waals surface area contributed by atoms with E-state index in [1.165, 1.54) is 180 Å². The van der Waals surface area contributed by atoms with E-state index in [4.69, 9.17) is 37.0 Å². The Morgan fingerprint density at radius 2 is 0.539 bits per heavy atom. The van der Waals surface area contributed by atoms with Gasteiger partial charge in [0.2, 0.25) is 0 Å². The van der Waals surface area contributed by atoms with E-state index in [9.17, 15) is 43.2 Å². The highest BCUT2D eigenvalue weighted by Gasteiger charge is 2.30. The van der Waals surface area contributed by atoms with E-state index >= 15 is 0 Å². The minimum absolute atomic E-state index is 0.103. The molecular weight excluding hydrogens is 1170 g/mol. The largest absolute Gasteiger partial charge is 0.472 e. The second-order valence-corrected chi connectivity index (χ2v) is 28.4. The van der Waals surface area contributed by atoms with Crippen molar-refractivity contribution >= 4 is 39.5 Å². The molecule has 6 atom stereocenters. The molecule has 528 valence electrons. The fraction of sp³-hybridized carbons (Fsp3) is 0.943. The molecule has 0 saturated heterocycles. The summed E-state index contributed by atoms with van der Waals surface area (Å²) in [4.78, 5) is 72.4. The Bertz CT molecular complexity index is 1720. The van der Waals surface area contributed by atoms with Crippen LogP contribution in [0.1, 0.15) is 362 Å². The number of phosphoric ester groups is 2. The number of hydrogen-bond acceptors (Lipinski definition) is 15. The molecule has 0 saturated carbocycles. The summed E-state index contributed by atoms with van der Waals surface area (Å²) in [5.41, 5.74) is 0. The molecule has 17 nitrogen and oxygen atoms in total. The first kappa shape index (κ1) is 87.1. The van der Waals surface area contributed by atoms with E-state index in [2.05, 4.69) is 34.6 Å². The van der Waals surface area contributed by atoms with Crippen molar-refractivity contribution < 1.29 is 80.2 Å². The van der Waals surface area contributed by atoms with E-state index in [1.807, 2.05) is 0 Å². The predicted molar refractivity (Wildman–Crippen MR) is 358 cm³/mol. The quantitative estimate of drug-likeness (QED) is 0.0222. The molecule has 0 bridgehead atoms. The van der Waals surface area contributed by atoms with Crippen LogP contribution in [-0.2, 0) is 65.4 Å². The lowest BCUT2D eigenvalue weighted by Crippen LogP contribution is -2.30. The number of rotatable bonds is 70. The van der Waals surface area contributed by atoms with E-state index in [1.54, 1.807) is 0 Å². The Morgan fingerprint density at radius 1 is 0.315 bits per heavy atom. The van der Waals surface area contributed by atoms with Gasteiger partial charge < -0.3 is 33.8 Å². The Morgan fingerprint density at radius 3 is 0.798 bits per heavy atom. The first-order chi connectivity index (χ1) is 43.1. The molecule has 89 heavy (non-hydrogen) atoms. The summed E-state index contributed by atoms with van der Waals surface area (Å²) < 4.78 is 68.2. The molecule has 0 spiro atoms. The van der Waals surface area contributed by atoms with Crippen LogP contribution in [0.3, 0.4) is 0 Å². The topological polar surface area (TPSA) is 237 Å². The maximum absolute atomic E-state index is 13.0. The number of unbranched alkanes of at least 4 members (excludes halogenated alkanes) is 41. The number of hydrogen-bond donors (Lipinski definition) is 3. The smallest absolute Gasteiger partial charge is 0.462 e. The standard InChI is InChI=1S/C70H136O17P2/c1-6-10-13-16-19-22-24-26-27-28-29-30-31-32-34-36-39-45-50-55-69(74)86-65(59-81-68(73)54-49-44-38-35-33-25-23-20-17-14-11-7-2)61-84-88(76,77)82-57-64(71)58-83-89(78,79)85-62-66(60-80-67(72)53-48-43-37-21-18-15-12-8-3)87-70(75)56-51-46-41-40-42-47-52-63(5)9-4/h63-66,71H,6-62H2,1-5H3,(H,76,77)(H,78,79)/t63?,64-,65-,66-/m1/s1. The zero-order chi connectivity index (χ0) is 65.6. The van der Waals surface area contributed by atoms with Crippen molar-refractivity contribution in [1.29, 1.82) is 0 Å². The molecule has 0 aromatic heterocycles. The molecule has 0 aromatic rings. The van der Waals surface area contributed by atoms with Gasteiger partial charge in [-0.1, -0.05) is 311 Å². The lowest BCUT2D eigenvalue weighted by molar-refractivity contribution is -0.161. The highest BCUT2D eigenvalue weighted by molar-refractivity contribution is 7.47. The van der Waals surface area contributed by atoms with Gasteiger partial charge >= 0.3 is 39.5 Å². The monoisotopic (exact) mass is 1310 g/mol.